The van der Waals surface area contributed by atoms with E-state index in [1.165, 1.54) is 5.37 Å². The van der Waals surface area contributed by atoms with E-state index in [9.17, 15) is 9.59 Å². The van der Waals surface area contributed by atoms with E-state index in [0.29, 0.717) is 6.42 Å². The monoisotopic (exact) mass is 230 g/mol. The van der Waals surface area contributed by atoms with Crippen LogP contribution in [0.5, 0.6) is 0 Å². The molecule has 0 aliphatic carbocycles. The van der Waals surface area contributed by atoms with Crippen molar-refractivity contribution in [2.75, 3.05) is 0 Å². The molecule has 0 fully saturated rings. The van der Waals surface area contributed by atoms with Crippen LogP contribution in [-0.2, 0) is 9.59 Å². The first-order valence-electron chi connectivity index (χ1n) is 4.48. The molecule has 0 aromatic carbocycles. The van der Waals surface area contributed by atoms with Gasteiger partial charge in [-0.05, 0) is 11.8 Å². The number of carbonyl (C=O) groups excluding carboxylic acids is 1. The number of hydrogen-bond donors (Lipinski definition) is 3. The van der Waals surface area contributed by atoms with Gasteiger partial charge < -0.3 is 16.2 Å². The fourth-order valence-electron chi connectivity index (χ4n) is 0.892. The lowest BCUT2D eigenvalue weighted by Gasteiger charge is -2.07. The molecule has 15 heavy (non-hydrogen) atoms. The molecule has 84 valence electrons. The molecule has 0 spiro atoms. The Hall–Kier alpha value is -1.43. The van der Waals surface area contributed by atoms with Gasteiger partial charge in [0, 0.05) is 18.5 Å². The Kier molecular flexibility index (Phi) is 6.28. The molecule has 0 bridgehead atoms. The Morgan fingerprint density at radius 2 is 2.13 bits per heavy atom. The number of carboxylic acids is 1. The van der Waals surface area contributed by atoms with Crippen LogP contribution < -0.4 is 11.1 Å². The Morgan fingerprint density at radius 1 is 1.53 bits per heavy atom. The van der Waals surface area contributed by atoms with Crippen LogP contribution in [0.1, 0.15) is 26.2 Å². The molecule has 0 unspecified atom stereocenters. The molecule has 6 heteroatoms. The van der Waals surface area contributed by atoms with Crippen LogP contribution in [0.3, 0.4) is 0 Å². The third kappa shape index (κ3) is 5.11. The predicted molar refractivity (Wildman–Crippen MR) is 60.2 cm³/mol. The summed E-state index contributed by atoms with van der Waals surface area (Å²) in [5, 5.41) is 12.3. The first-order valence-corrected chi connectivity index (χ1v) is 4.95. The Labute approximate surface area is 93.3 Å². The van der Waals surface area contributed by atoms with Gasteiger partial charge in [0.25, 0.3) is 0 Å². The molecular formula is C9H14N2O3S. The zero-order valence-electron chi connectivity index (χ0n) is 8.45. The smallest absolute Gasteiger partial charge is 0.354 e. The molecule has 0 saturated heterocycles. The number of nitrogens with one attached hydrogen (secondary N) is 1. The highest BCUT2D eigenvalue weighted by atomic mass is 32.1. The van der Waals surface area contributed by atoms with Gasteiger partial charge in [0.1, 0.15) is 5.70 Å². The maximum absolute atomic E-state index is 11.2. The van der Waals surface area contributed by atoms with Crippen molar-refractivity contribution >= 4 is 29.5 Å². The molecule has 0 aromatic rings. The summed E-state index contributed by atoms with van der Waals surface area (Å²) < 4.78 is 0. The van der Waals surface area contributed by atoms with Gasteiger partial charge in [-0.2, -0.15) is 0 Å². The van der Waals surface area contributed by atoms with Crippen LogP contribution in [0, 0.1) is 0 Å². The zero-order valence-corrected chi connectivity index (χ0v) is 9.26. The molecule has 1 amide bonds. The molecular weight excluding hydrogens is 216 g/mol. The predicted octanol–water partition coefficient (Wildman–Crippen LogP) is 0.547. The van der Waals surface area contributed by atoms with Gasteiger partial charge in [0.05, 0.1) is 0 Å². The van der Waals surface area contributed by atoms with Gasteiger partial charge in [-0.25, -0.2) is 4.79 Å². The van der Waals surface area contributed by atoms with E-state index in [2.05, 4.69) is 17.5 Å². The molecule has 0 heterocycles. The second-order valence-electron chi connectivity index (χ2n) is 2.87. The summed E-state index contributed by atoms with van der Waals surface area (Å²) in [6.45, 7) is 1.82. The molecule has 0 aromatic heterocycles. The lowest BCUT2D eigenvalue weighted by molar-refractivity contribution is -0.134. The van der Waals surface area contributed by atoms with Crippen LogP contribution in [0.4, 0.5) is 0 Å². The summed E-state index contributed by atoms with van der Waals surface area (Å²) in [5.74, 6) is -1.61. The van der Waals surface area contributed by atoms with Crippen molar-refractivity contribution in [3.05, 3.63) is 11.4 Å². The minimum absolute atomic E-state index is 0.0574. The quantitative estimate of drug-likeness (QED) is 0.457. The van der Waals surface area contributed by atoms with E-state index in [4.69, 9.17) is 10.8 Å². The van der Waals surface area contributed by atoms with Crippen molar-refractivity contribution in [1.82, 2.24) is 5.32 Å². The molecule has 0 atom stereocenters. The fraction of sp³-hybridized carbons (Fsp3) is 0.444. The molecule has 0 rings (SSSR count). The number of carboxylic acid groups (broad SMARTS) is 1. The molecule has 0 aliphatic heterocycles. The normalized spacial score (nSPS) is 11.5. The van der Waals surface area contributed by atoms with E-state index in [1.807, 2.05) is 6.92 Å². The van der Waals surface area contributed by atoms with E-state index < -0.39 is 5.97 Å². The van der Waals surface area contributed by atoms with E-state index in [-0.39, 0.29) is 30.1 Å². The van der Waals surface area contributed by atoms with Gasteiger partial charge in [-0.3, -0.25) is 4.79 Å². The van der Waals surface area contributed by atoms with Crippen molar-refractivity contribution in [2.45, 2.75) is 26.2 Å². The van der Waals surface area contributed by atoms with Gasteiger partial charge in [0.2, 0.25) is 5.91 Å². The number of thiocarbonyl (C=S) groups is 1. The number of carbonyl (C=O) groups is 2. The fourth-order valence-corrected chi connectivity index (χ4v) is 1.07. The Balaban J connectivity index is 4.68. The topological polar surface area (TPSA) is 92.4 Å². The first-order chi connectivity index (χ1) is 7.02. The number of allylic oxidation sites excluding steroid dienone is 1. The maximum atomic E-state index is 11.2. The van der Waals surface area contributed by atoms with Crippen molar-refractivity contribution in [3.63, 3.8) is 0 Å². The molecule has 0 radical (unpaired) electrons. The van der Waals surface area contributed by atoms with E-state index in [1.54, 1.807) is 0 Å². The lowest BCUT2D eigenvalue weighted by atomic mass is 10.2. The van der Waals surface area contributed by atoms with Gasteiger partial charge in [-0.15, -0.1) is 0 Å². The summed E-state index contributed by atoms with van der Waals surface area (Å²) >= 11 is 4.55. The van der Waals surface area contributed by atoms with Crippen LogP contribution in [0.2, 0.25) is 0 Å². The van der Waals surface area contributed by atoms with Crippen LogP contribution in [0.25, 0.3) is 0 Å². The van der Waals surface area contributed by atoms with Crippen molar-refractivity contribution in [1.29, 1.82) is 0 Å². The summed E-state index contributed by atoms with van der Waals surface area (Å²) in [5.41, 5.74) is 5.23. The van der Waals surface area contributed by atoms with Crippen molar-refractivity contribution < 1.29 is 14.7 Å². The number of aliphatic carboxylic acids is 1. The summed E-state index contributed by atoms with van der Waals surface area (Å²) in [7, 11) is 0. The molecule has 4 N–H and O–H groups in total. The average molecular weight is 230 g/mol. The Bertz CT molecular complexity index is 300. The SMILES string of the molecule is CCCC(=O)N/C(C(=O)O)=C(\N)CC=S. The summed E-state index contributed by atoms with van der Waals surface area (Å²) in [4.78, 5) is 21.9. The maximum Gasteiger partial charge on any atom is 0.354 e. The van der Waals surface area contributed by atoms with Crippen LogP contribution in [-0.4, -0.2) is 22.4 Å². The Morgan fingerprint density at radius 3 is 2.53 bits per heavy atom. The molecule has 0 aliphatic rings. The minimum atomic E-state index is -1.26. The highest BCUT2D eigenvalue weighted by Crippen LogP contribution is 2.00. The number of amides is 1. The van der Waals surface area contributed by atoms with Crippen molar-refractivity contribution in [2.24, 2.45) is 5.73 Å². The van der Waals surface area contributed by atoms with E-state index in [0.717, 1.165) is 0 Å². The number of hydrogen-bond acceptors (Lipinski definition) is 4. The van der Waals surface area contributed by atoms with Gasteiger partial charge in [0.15, 0.2) is 0 Å². The summed E-state index contributed by atoms with van der Waals surface area (Å²) in [6.07, 6.45) is 1.07. The molecule has 5 nitrogen and oxygen atoms in total. The van der Waals surface area contributed by atoms with Gasteiger partial charge in [-0.1, -0.05) is 19.1 Å². The highest BCUT2D eigenvalue weighted by Gasteiger charge is 2.14. The minimum Gasteiger partial charge on any atom is -0.477 e. The van der Waals surface area contributed by atoms with E-state index >= 15 is 0 Å². The molecule has 0 saturated carbocycles. The largest absolute Gasteiger partial charge is 0.477 e. The van der Waals surface area contributed by atoms with Gasteiger partial charge >= 0.3 is 5.97 Å². The second-order valence-corrected chi connectivity index (χ2v) is 3.21. The zero-order chi connectivity index (χ0) is 11.8. The highest BCUT2D eigenvalue weighted by molar-refractivity contribution is 7.79. The first kappa shape index (κ1) is 13.6. The summed E-state index contributed by atoms with van der Waals surface area (Å²) in [6, 6.07) is 0. The van der Waals surface area contributed by atoms with Crippen LogP contribution >= 0.6 is 12.2 Å². The second kappa shape index (κ2) is 6.94. The van der Waals surface area contributed by atoms with Crippen LogP contribution in [0.15, 0.2) is 11.4 Å². The number of rotatable bonds is 6. The lowest BCUT2D eigenvalue weighted by Crippen LogP contribution is -2.30. The number of nitrogens with two attached hydrogens (primary N) is 1. The standard InChI is InChI=1S/C9H14N2O3S/c1-2-3-7(12)11-8(9(13)14)6(10)4-5-15/h5H,2-4,10H2,1H3,(H,11,12)(H,13,14)/b8-6-. The average Bonchev–Trinajstić information content (AvgIpc) is 2.14. The third-order valence-corrected chi connectivity index (χ3v) is 1.75. The van der Waals surface area contributed by atoms with Crippen molar-refractivity contribution in [3.8, 4) is 0 Å². The third-order valence-electron chi connectivity index (χ3n) is 1.58.